The van der Waals surface area contributed by atoms with Gasteiger partial charge in [0.15, 0.2) is 5.82 Å². The van der Waals surface area contributed by atoms with E-state index in [1.807, 2.05) is 6.92 Å². The van der Waals surface area contributed by atoms with E-state index >= 15 is 0 Å². The lowest BCUT2D eigenvalue weighted by Gasteiger charge is -2.20. The molecule has 0 unspecified atom stereocenters. The number of nitrogens with one attached hydrogen (secondary N) is 1. The molecule has 2 aliphatic carbocycles. The predicted molar refractivity (Wildman–Crippen MR) is 141 cm³/mol. The summed E-state index contributed by atoms with van der Waals surface area (Å²) in [6, 6.07) is 9.36. The lowest BCUT2D eigenvalue weighted by molar-refractivity contribution is -0.150. The molecule has 2 fully saturated rings. The number of methoxy groups -OCH3 is 1. The fourth-order valence-corrected chi connectivity index (χ4v) is 5.26. The third-order valence-electron chi connectivity index (χ3n) is 7.57. The van der Waals surface area contributed by atoms with Crippen molar-refractivity contribution in [2.24, 2.45) is 11.8 Å². The number of rotatable bonds is 9. The number of nitrogens with zero attached hydrogens (tertiary/aromatic N) is 2. The van der Waals surface area contributed by atoms with Crippen LogP contribution in [0, 0.1) is 24.6 Å². The molecular weight excluding hydrogens is 521 g/mol. The Morgan fingerprint density at radius 3 is 2.52 bits per heavy atom. The van der Waals surface area contributed by atoms with Gasteiger partial charge in [-0.15, -0.1) is 0 Å². The molecule has 40 heavy (non-hydrogen) atoms. The molecule has 0 radical (unpaired) electrons. The summed E-state index contributed by atoms with van der Waals surface area (Å²) in [6.45, 7) is 3.70. The SMILES string of the molecule is CCOC(=O)C1(NC(=O)[C@@H]2C[C@@H](Oc3nc(-c4cccc(F)c4)nc4c(C)c(OC)ccc34)C[C@H]2C(=O)O)CC1. The van der Waals surface area contributed by atoms with E-state index in [4.69, 9.17) is 14.2 Å². The van der Waals surface area contributed by atoms with Gasteiger partial charge in [0, 0.05) is 11.1 Å². The molecule has 0 aliphatic heterocycles. The number of ether oxygens (including phenoxy) is 3. The molecule has 11 heteroatoms. The molecule has 0 saturated heterocycles. The van der Waals surface area contributed by atoms with Gasteiger partial charge in [0.25, 0.3) is 0 Å². The molecule has 3 atom stereocenters. The number of esters is 1. The van der Waals surface area contributed by atoms with Crippen LogP contribution in [-0.4, -0.2) is 58.3 Å². The van der Waals surface area contributed by atoms with Crippen LogP contribution in [0.2, 0.25) is 0 Å². The highest BCUT2D eigenvalue weighted by Gasteiger charge is 2.55. The first-order chi connectivity index (χ1) is 19.2. The number of amides is 1. The molecule has 1 aromatic heterocycles. The quantitative estimate of drug-likeness (QED) is 0.380. The van der Waals surface area contributed by atoms with Gasteiger partial charge < -0.3 is 24.6 Å². The smallest absolute Gasteiger partial charge is 0.331 e. The van der Waals surface area contributed by atoms with Gasteiger partial charge in [-0.2, -0.15) is 4.98 Å². The summed E-state index contributed by atoms with van der Waals surface area (Å²) < 4.78 is 30.8. The molecule has 210 valence electrons. The number of halogens is 1. The van der Waals surface area contributed by atoms with Crippen LogP contribution in [0.15, 0.2) is 36.4 Å². The average Bonchev–Trinajstić information content (AvgIpc) is 3.58. The summed E-state index contributed by atoms with van der Waals surface area (Å²) >= 11 is 0. The minimum Gasteiger partial charge on any atom is -0.496 e. The Bertz CT molecular complexity index is 1490. The average molecular weight is 552 g/mol. The fraction of sp³-hybridized carbons (Fsp3) is 0.414. The Morgan fingerprint density at radius 1 is 1.12 bits per heavy atom. The number of carboxylic acid groups (broad SMARTS) is 1. The zero-order valence-corrected chi connectivity index (χ0v) is 22.4. The van der Waals surface area contributed by atoms with Crippen LogP contribution in [0.4, 0.5) is 4.39 Å². The Balaban J connectivity index is 1.45. The molecule has 3 aromatic rings. The summed E-state index contributed by atoms with van der Waals surface area (Å²) in [4.78, 5) is 46.9. The number of hydrogen-bond acceptors (Lipinski definition) is 8. The highest BCUT2D eigenvalue weighted by molar-refractivity contribution is 5.93. The molecular formula is C29H30FN3O7. The first-order valence-corrected chi connectivity index (χ1v) is 13.2. The topological polar surface area (TPSA) is 137 Å². The number of aromatic nitrogens is 2. The number of aryl methyl sites for hydroxylation is 1. The minimum atomic E-state index is -1.12. The molecule has 2 aliphatic rings. The summed E-state index contributed by atoms with van der Waals surface area (Å²) in [5.74, 6) is -3.51. The normalized spacial score (nSPS) is 21.1. The van der Waals surface area contributed by atoms with Crippen molar-refractivity contribution in [3.05, 3.63) is 47.8 Å². The standard InChI is InChI=1S/C29H30FN3O7/c1-4-39-28(37)29(10-11-29)33-25(34)20-13-18(14-21(20)27(35)36)40-26-19-8-9-22(38-3)15(2)23(19)31-24(32-26)16-6-5-7-17(30)12-16/h5-9,12,18,20-21H,4,10-11,13-14H2,1-3H3,(H,33,34)(H,35,36)/t18-,20-,21-/m1/s1. The summed E-state index contributed by atoms with van der Waals surface area (Å²) in [7, 11) is 1.55. The maximum absolute atomic E-state index is 14.0. The molecule has 5 rings (SSSR count). The van der Waals surface area contributed by atoms with Crippen molar-refractivity contribution in [2.75, 3.05) is 13.7 Å². The van der Waals surface area contributed by atoms with Crippen molar-refractivity contribution in [2.45, 2.75) is 51.2 Å². The van der Waals surface area contributed by atoms with Gasteiger partial charge in [0.05, 0.1) is 36.5 Å². The van der Waals surface area contributed by atoms with Gasteiger partial charge in [0.1, 0.15) is 23.2 Å². The fourth-order valence-electron chi connectivity index (χ4n) is 5.26. The van der Waals surface area contributed by atoms with Crippen LogP contribution in [0.25, 0.3) is 22.3 Å². The Labute approximate surface area is 229 Å². The number of hydrogen-bond donors (Lipinski definition) is 2. The highest BCUT2D eigenvalue weighted by atomic mass is 19.1. The summed E-state index contributed by atoms with van der Waals surface area (Å²) in [6.07, 6.45) is 0.407. The van der Waals surface area contributed by atoms with E-state index in [9.17, 15) is 23.9 Å². The van der Waals surface area contributed by atoms with Crippen LogP contribution in [0.5, 0.6) is 11.6 Å². The largest absolute Gasteiger partial charge is 0.496 e. The van der Waals surface area contributed by atoms with Gasteiger partial charge >= 0.3 is 11.9 Å². The predicted octanol–water partition coefficient (Wildman–Crippen LogP) is 3.82. The van der Waals surface area contributed by atoms with Crippen molar-refractivity contribution < 1.29 is 38.1 Å². The van der Waals surface area contributed by atoms with E-state index < -0.39 is 47.1 Å². The van der Waals surface area contributed by atoms with E-state index in [1.165, 1.54) is 12.1 Å². The van der Waals surface area contributed by atoms with Gasteiger partial charge in [-0.25, -0.2) is 14.2 Å². The summed E-state index contributed by atoms with van der Waals surface area (Å²) in [5, 5.41) is 13.2. The van der Waals surface area contributed by atoms with Gasteiger partial charge in [-0.3, -0.25) is 9.59 Å². The van der Waals surface area contributed by atoms with E-state index in [-0.39, 0.29) is 31.2 Å². The first-order valence-electron chi connectivity index (χ1n) is 13.2. The third-order valence-corrected chi connectivity index (χ3v) is 7.57. The Hall–Kier alpha value is -4.28. The molecule has 2 saturated carbocycles. The van der Waals surface area contributed by atoms with Crippen molar-refractivity contribution in [3.8, 4) is 23.0 Å². The third kappa shape index (κ3) is 5.15. The second kappa shape index (κ2) is 10.7. The van der Waals surface area contributed by atoms with Crippen LogP contribution in [0.1, 0.15) is 38.2 Å². The highest BCUT2D eigenvalue weighted by Crippen LogP contribution is 2.41. The maximum Gasteiger partial charge on any atom is 0.331 e. The number of carbonyl (C=O) groups excluding carboxylic acids is 2. The number of aliphatic carboxylic acids is 1. The van der Waals surface area contributed by atoms with Gasteiger partial charge in [-0.05, 0) is 63.8 Å². The van der Waals surface area contributed by atoms with Gasteiger partial charge in [-0.1, -0.05) is 12.1 Å². The number of fused-ring (bicyclic) bond motifs is 1. The van der Waals surface area contributed by atoms with Crippen molar-refractivity contribution in [1.29, 1.82) is 0 Å². The van der Waals surface area contributed by atoms with E-state index in [0.29, 0.717) is 35.1 Å². The molecule has 1 heterocycles. The lowest BCUT2D eigenvalue weighted by Crippen LogP contribution is -2.47. The molecule has 0 bridgehead atoms. The Morgan fingerprint density at radius 2 is 1.88 bits per heavy atom. The lowest BCUT2D eigenvalue weighted by atomic mass is 9.95. The summed E-state index contributed by atoms with van der Waals surface area (Å²) in [5.41, 5.74) is 0.616. The van der Waals surface area contributed by atoms with Crippen LogP contribution >= 0.6 is 0 Å². The Kier molecular flexibility index (Phi) is 7.31. The molecule has 2 aromatic carbocycles. The maximum atomic E-state index is 14.0. The van der Waals surface area contributed by atoms with E-state index in [2.05, 4.69) is 15.3 Å². The zero-order chi connectivity index (χ0) is 28.6. The molecule has 1 amide bonds. The van der Waals surface area contributed by atoms with Crippen LogP contribution < -0.4 is 14.8 Å². The van der Waals surface area contributed by atoms with Crippen molar-refractivity contribution >= 4 is 28.7 Å². The molecule has 10 nitrogen and oxygen atoms in total. The van der Waals surface area contributed by atoms with Crippen molar-refractivity contribution in [3.63, 3.8) is 0 Å². The van der Waals surface area contributed by atoms with Gasteiger partial charge in [0.2, 0.25) is 11.8 Å². The van der Waals surface area contributed by atoms with Crippen LogP contribution in [0.3, 0.4) is 0 Å². The number of benzene rings is 2. The molecule has 2 N–H and O–H groups in total. The minimum absolute atomic E-state index is 0.0652. The monoisotopic (exact) mass is 551 g/mol. The second-order valence-electron chi connectivity index (χ2n) is 10.2. The second-order valence-corrected chi connectivity index (χ2v) is 10.2. The van der Waals surface area contributed by atoms with E-state index in [1.54, 1.807) is 38.3 Å². The first kappa shape index (κ1) is 27.3. The number of carbonyl (C=O) groups is 3. The van der Waals surface area contributed by atoms with Crippen LogP contribution in [-0.2, 0) is 19.1 Å². The zero-order valence-electron chi connectivity index (χ0n) is 22.4. The number of carboxylic acids is 1. The van der Waals surface area contributed by atoms with E-state index in [0.717, 1.165) is 5.56 Å². The van der Waals surface area contributed by atoms with Crippen molar-refractivity contribution in [1.82, 2.24) is 15.3 Å². The molecule has 0 spiro atoms.